The van der Waals surface area contributed by atoms with Crippen LogP contribution in [0.1, 0.15) is 36.8 Å². The van der Waals surface area contributed by atoms with Crippen molar-refractivity contribution in [1.82, 2.24) is 25.4 Å². The standard InChI is InChI=1S/C13H19BrN6/c1-3-10-13(14)12(20(4-2)19-10)7-11(18-15)9-5-6-16-17-8-9/h5-6,8,11,18H,3-4,7,15H2,1-2H3. The Balaban J connectivity index is 2.30. The summed E-state index contributed by atoms with van der Waals surface area (Å²) < 4.78 is 3.09. The second-order valence-electron chi connectivity index (χ2n) is 4.48. The third-order valence-electron chi connectivity index (χ3n) is 3.30. The van der Waals surface area contributed by atoms with Crippen LogP contribution in [0.15, 0.2) is 22.9 Å². The number of hydrogen-bond acceptors (Lipinski definition) is 5. The van der Waals surface area contributed by atoms with Gasteiger partial charge in [0, 0.05) is 19.2 Å². The van der Waals surface area contributed by atoms with Gasteiger partial charge in [-0.2, -0.15) is 15.3 Å². The van der Waals surface area contributed by atoms with Crippen molar-refractivity contribution in [2.75, 3.05) is 0 Å². The summed E-state index contributed by atoms with van der Waals surface area (Å²) >= 11 is 3.65. The van der Waals surface area contributed by atoms with Crippen molar-refractivity contribution >= 4 is 15.9 Å². The van der Waals surface area contributed by atoms with Crippen LogP contribution >= 0.6 is 15.9 Å². The molecule has 1 unspecified atom stereocenters. The summed E-state index contributed by atoms with van der Waals surface area (Å²) in [4.78, 5) is 0. The molecule has 6 nitrogen and oxygen atoms in total. The molecular formula is C13H19BrN6. The van der Waals surface area contributed by atoms with E-state index < -0.39 is 0 Å². The highest BCUT2D eigenvalue weighted by Gasteiger charge is 2.19. The first kappa shape index (κ1) is 15.1. The lowest BCUT2D eigenvalue weighted by atomic mass is 10.0. The molecular weight excluding hydrogens is 320 g/mol. The van der Waals surface area contributed by atoms with Crippen LogP contribution in [0.4, 0.5) is 0 Å². The van der Waals surface area contributed by atoms with Gasteiger partial charge in [0.2, 0.25) is 0 Å². The molecule has 0 aromatic carbocycles. The lowest BCUT2D eigenvalue weighted by molar-refractivity contribution is 0.513. The second-order valence-corrected chi connectivity index (χ2v) is 5.27. The van der Waals surface area contributed by atoms with Gasteiger partial charge < -0.3 is 0 Å². The molecule has 0 radical (unpaired) electrons. The normalized spacial score (nSPS) is 12.6. The van der Waals surface area contributed by atoms with Crippen molar-refractivity contribution in [2.24, 2.45) is 5.84 Å². The van der Waals surface area contributed by atoms with E-state index in [1.54, 1.807) is 12.4 Å². The van der Waals surface area contributed by atoms with Gasteiger partial charge in [-0.05, 0) is 40.9 Å². The minimum absolute atomic E-state index is 0.0199. The first-order valence-corrected chi connectivity index (χ1v) is 7.47. The summed E-state index contributed by atoms with van der Waals surface area (Å²) in [5.74, 6) is 5.69. The van der Waals surface area contributed by atoms with E-state index in [-0.39, 0.29) is 6.04 Å². The Morgan fingerprint density at radius 3 is 2.75 bits per heavy atom. The number of rotatable bonds is 6. The molecule has 0 bridgehead atoms. The molecule has 2 heterocycles. The third-order valence-corrected chi connectivity index (χ3v) is 4.22. The monoisotopic (exact) mass is 338 g/mol. The third kappa shape index (κ3) is 3.05. The molecule has 0 saturated carbocycles. The molecule has 0 saturated heterocycles. The van der Waals surface area contributed by atoms with Crippen molar-refractivity contribution in [3.05, 3.63) is 39.9 Å². The van der Waals surface area contributed by atoms with Crippen molar-refractivity contribution in [3.8, 4) is 0 Å². The lowest BCUT2D eigenvalue weighted by Gasteiger charge is -2.16. The highest BCUT2D eigenvalue weighted by molar-refractivity contribution is 9.10. The van der Waals surface area contributed by atoms with Crippen molar-refractivity contribution in [3.63, 3.8) is 0 Å². The van der Waals surface area contributed by atoms with Crippen molar-refractivity contribution in [2.45, 2.75) is 39.3 Å². The molecule has 0 aliphatic carbocycles. The Kier molecular flexibility index (Phi) is 5.22. The van der Waals surface area contributed by atoms with E-state index in [4.69, 9.17) is 5.84 Å². The molecule has 20 heavy (non-hydrogen) atoms. The smallest absolute Gasteiger partial charge is 0.0766 e. The fraction of sp³-hybridized carbons (Fsp3) is 0.462. The maximum absolute atomic E-state index is 5.69. The number of hydrazine groups is 1. The van der Waals surface area contributed by atoms with Gasteiger partial charge in [-0.1, -0.05) is 6.92 Å². The van der Waals surface area contributed by atoms with Crippen LogP contribution in [0.3, 0.4) is 0 Å². The minimum atomic E-state index is -0.0199. The van der Waals surface area contributed by atoms with E-state index in [9.17, 15) is 0 Å². The van der Waals surface area contributed by atoms with E-state index >= 15 is 0 Å². The fourth-order valence-electron chi connectivity index (χ4n) is 2.19. The van der Waals surface area contributed by atoms with Crippen LogP contribution in [0.5, 0.6) is 0 Å². The van der Waals surface area contributed by atoms with Gasteiger partial charge in [0.1, 0.15) is 0 Å². The molecule has 2 aromatic rings. The van der Waals surface area contributed by atoms with Gasteiger partial charge in [-0.15, -0.1) is 0 Å². The summed E-state index contributed by atoms with van der Waals surface area (Å²) in [6.07, 6.45) is 5.04. The average molecular weight is 339 g/mol. The average Bonchev–Trinajstić information content (AvgIpc) is 2.81. The Morgan fingerprint density at radius 1 is 1.40 bits per heavy atom. The Hall–Kier alpha value is -1.31. The molecule has 7 heteroatoms. The predicted octanol–water partition coefficient (Wildman–Crippen LogP) is 1.76. The Bertz CT molecular complexity index is 553. The number of nitrogens with zero attached hydrogens (tertiary/aromatic N) is 4. The SMILES string of the molecule is CCc1nn(CC)c(CC(NN)c2ccnnc2)c1Br. The van der Waals surface area contributed by atoms with E-state index in [2.05, 4.69) is 50.5 Å². The fourth-order valence-corrected chi connectivity index (χ4v) is 2.91. The van der Waals surface area contributed by atoms with Crippen molar-refractivity contribution < 1.29 is 0 Å². The highest BCUT2D eigenvalue weighted by Crippen LogP contribution is 2.26. The topological polar surface area (TPSA) is 81.7 Å². The molecule has 1 atom stereocenters. The zero-order valence-corrected chi connectivity index (χ0v) is 13.3. The number of nitrogens with one attached hydrogen (secondary N) is 1. The number of halogens is 1. The van der Waals surface area contributed by atoms with E-state index in [0.29, 0.717) is 0 Å². The van der Waals surface area contributed by atoms with Gasteiger partial charge >= 0.3 is 0 Å². The van der Waals surface area contributed by atoms with Crippen LogP contribution in [0, 0.1) is 0 Å². The molecule has 0 spiro atoms. The Morgan fingerprint density at radius 2 is 2.20 bits per heavy atom. The highest BCUT2D eigenvalue weighted by atomic mass is 79.9. The quantitative estimate of drug-likeness (QED) is 0.619. The second kappa shape index (κ2) is 6.92. The predicted molar refractivity (Wildman–Crippen MR) is 80.8 cm³/mol. The number of aryl methyl sites for hydroxylation is 2. The largest absolute Gasteiger partial charge is 0.271 e. The summed E-state index contributed by atoms with van der Waals surface area (Å²) in [6, 6.07) is 1.90. The maximum Gasteiger partial charge on any atom is 0.0766 e. The molecule has 0 amide bonds. The van der Waals surface area contributed by atoms with Crippen LogP contribution in [0.25, 0.3) is 0 Å². The number of hydrogen-bond donors (Lipinski definition) is 2. The molecule has 0 aliphatic heterocycles. The molecule has 0 aliphatic rings. The first-order chi connectivity index (χ1) is 9.71. The number of nitrogens with two attached hydrogens (primary N) is 1. The van der Waals surface area contributed by atoms with Gasteiger partial charge in [0.05, 0.1) is 28.1 Å². The van der Waals surface area contributed by atoms with Gasteiger partial charge in [0.25, 0.3) is 0 Å². The number of aromatic nitrogens is 4. The molecule has 108 valence electrons. The zero-order chi connectivity index (χ0) is 14.5. The molecule has 0 fully saturated rings. The van der Waals surface area contributed by atoms with Crippen LogP contribution in [-0.4, -0.2) is 20.0 Å². The van der Waals surface area contributed by atoms with Gasteiger partial charge in [-0.3, -0.25) is 16.0 Å². The van der Waals surface area contributed by atoms with Crippen LogP contribution < -0.4 is 11.3 Å². The molecule has 2 aromatic heterocycles. The summed E-state index contributed by atoms with van der Waals surface area (Å²) in [5, 5.41) is 12.3. The minimum Gasteiger partial charge on any atom is -0.271 e. The molecule has 2 rings (SSSR count). The van der Waals surface area contributed by atoms with Crippen LogP contribution in [-0.2, 0) is 19.4 Å². The maximum atomic E-state index is 5.69. The summed E-state index contributed by atoms with van der Waals surface area (Å²) in [6.45, 7) is 5.02. The summed E-state index contributed by atoms with van der Waals surface area (Å²) in [7, 11) is 0. The van der Waals surface area contributed by atoms with Gasteiger partial charge in [0.15, 0.2) is 0 Å². The summed E-state index contributed by atoms with van der Waals surface area (Å²) in [5.41, 5.74) is 6.07. The lowest BCUT2D eigenvalue weighted by Crippen LogP contribution is -2.30. The van der Waals surface area contributed by atoms with E-state index in [0.717, 1.165) is 40.8 Å². The first-order valence-electron chi connectivity index (χ1n) is 6.68. The zero-order valence-electron chi connectivity index (χ0n) is 11.7. The Labute approximate surface area is 126 Å². The van der Waals surface area contributed by atoms with Crippen molar-refractivity contribution in [1.29, 1.82) is 0 Å². The molecule has 3 N–H and O–H groups in total. The van der Waals surface area contributed by atoms with E-state index in [1.165, 1.54) is 0 Å². The van der Waals surface area contributed by atoms with Crippen LogP contribution in [0.2, 0.25) is 0 Å². The van der Waals surface area contributed by atoms with E-state index in [1.807, 2.05) is 10.7 Å². The van der Waals surface area contributed by atoms with Gasteiger partial charge in [-0.25, -0.2) is 0 Å².